The minimum Gasteiger partial charge on any atom is -0.295 e. The first kappa shape index (κ1) is 8.65. The third kappa shape index (κ3) is 0.950. The zero-order valence-corrected chi connectivity index (χ0v) is 8.41. The zero-order valence-electron chi connectivity index (χ0n) is 8.41. The number of carbonyl (C=O) groups excluding carboxylic acids is 2. The number of hydrogen-bond donors (Lipinski definition) is 1. The molecule has 2 atom stereocenters. The predicted molar refractivity (Wildman–Crippen MR) is 54.1 cm³/mol. The average molecular weight is 201 g/mol. The van der Waals surface area contributed by atoms with Gasteiger partial charge in [0.25, 0.3) is 0 Å². The van der Waals surface area contributed by atoms with Gasteiger partial charge in [-0.15, -0.1) is 0 Å². The lowest BCUT2D eigenvalue weighted by molar-refractivity contribution is -0.127. The normalized spacial score (nSPS) is 32.5. The van der Waals surface area contributed by atoms with Gasteiger partial charge >= 0.3 is 0 Å². The lowest BCUT2D eigenvalue weighted by Crippen LogP contribution is -2.30. The first-order valence-electron chi connectivity index (χ1n) is 5.07. The Bertz CT molecular complexity index is 463. The molecule has 15 heavy (non-hydrogen) atoms. The molecule has 1 aromatic rings. The highest BCUT2D eigenvalue weighted by Crippen LogP contribution is 2.57. The number of carbonyl (C=O) groups is 2. The second kappa shape index (κ2) is 2.48. The minimum atomic E-state index is -0.523. The number of imide groups is 1. The molecule has 76 valence electrons. The SMILES string of the molecule is Cc1ccc([C@@]23CC2C(=O)NC3=O)cc1. The number of fused-ring (bicyclic) bond motifs is 1. The molecule has 1 saturated heterocycles. The first-order valence-corrected chi connectivity index (χ1v) is 5.07. The molecule has 1 N–H and O–H groups in total. The molecule has 3 nitrogen and oxygen atoms in total. The van der Waals surface area contributed by atoms with Crippen molar-refractivity contribution < 1.29 is 9.59 Å². The molecule has 1 aromatic carbocycles. The molecule has 2 fully saturated rings. The standard InChI is InChI=1S/C12H11NO2/c1-7-2-4-8(5-3-7)12-6-9(12)10(14)13-11(12)15/h2-5,9H,6H2,1H3,(H,13,14,15)/t9?,12-/m0/s1. The van der Waals surface area contributed by atoms with Crippen LogP contribution in [-0.2, 0) is 15.0 Å². The lowest BCUT2D eigenvalue weighted by atomic mass is 9.93. The summed E-state index contributed by atoms with van der Waals surface area (Å²) < 4.78 is 0. The maximum atomic E-state index is 11.7. The molecular weight excluding hydrogens is 190 g/mol. The molecule has 1 aliphatic carbocycles. The highest BCUT2D eigenvalue weighted by Gasteiger charge is 2.69. The summed E-state index contributed by atoms with van der Waals surface area (Å²) in [5.41, 5.74) is 1.61. The summed E-state index contributed by atoms with van der Waals surface area (Å²) in [5, 5.41) is 2.39. The van der Waals surface area contributed by atoms with Gasteiger partial charge in [0.2, 0.25) is 11.8 Å². The fourth-order valence-corrected chi connectivity index (χ4v) is 2.44. The van der Waals surface area contributed by atoms with Crippen LogP contribution in [-0.4, -0.2) is 11.8 Å². The molecule has 3 rings (SSSR count). The van der Waals surface area contributed by atoms with E-state index in [1.54, 1.807) is 0 Å². The van der Waals surface area contributed by atoms with E-state index in [1.807, 2.05) is 31.2 Å². The van der Waals surface area contributed by atoms with E-state index in [4.69, 9.17) is 0 Å². The maximum absolute atomic E-state index is 11.7. The topological polar surface area (TPSA) is 46.2 Å². The number of aryl methyl sites for hydroxylation is 1. The summed E-state index contributed by atoms with van der Waals surface area (Å²) in [5.74, 6) is -0.352. The van der Waals surface area contributed by atoms with Crippen LogP contribution >= 0.6 is 0 Å². The van der Waals surface area contributed by atoms with E-state index in [0.717, 1.165) is 11.1 Å². The lowest BCUT2D eigenvalue weighted by Gasteiger charge is -2.09. The van der Waals surface area contributed by atoms with Crippen LogP contribution in [0.2, 0.25) is 0 Å². The molecule has 0 bridgehead atoms. The number of hydrogen-bond acceptors (Lipinski definition) is 2. The number of nitrogens with one attached hydrogen (secondary N) is 1. The van der Waals surface area contributed by atoms with Gasteiger partial charge in [-0.2, -0.15) is 0 Å². The highest BCUT2D eigenvalue weighted by molar-refractivity contribution is 6.15. The molecule has 1 heterocycles. The Morgan fingerprint density at radius 2 is 1.93 bits per heavy atom. The third-order valence-corrected chi connectivity index (χ3v) is 3.49. The van der Waals surface area contributed by atoms with Crippen molar-refractivity contribution in [1.29, 1.82) is 0 Å². The van der Waals surface area contributed by atoms with E-state index in [1.165, 1.54) is 0 Å². The smallest absolute Gasteiger partial charge is 0.238 e. The van der Waals surface area contributed by atoms with Gasteiger partial charge in [0.05, 0.1) is 11.3 Å². The Labute approximate surface area is 87.5 Å². The number of amides is 2. The molecule has 1 unspecified atom stereocenters. The van der Waals surface area contributed by atoms with Crippen LogP contribution in [0.25, 0.3) is 0 Å². The number of piperidine rings is 1. The van der Waals surface area contributed by atoms with Crippen molar-refractivity contribution in [3.05, 3.63) is 35.4 Å². The summed E-state index contributed by atoms with van der Waals surface area (Å²) in [6, 6.07) is 7.87. The van der Waals surface area contributed by atoms with Gasteiger partial charge < -0.3 is 0 Å². The van der Waals surface area contributed by atoms with Crippen molar-refractivity contribution in [3.63, 3.8) is 0 Å². The van der Waals surface area contributed by atoms with E-state index in [-0.39, 0.29) is 17.7 Å². The van der Waals surface area contributed by atoms with Gasteiger partial charge in [-0.25, -0.2) is 0 Å². The van der Waals surface area contributed by atoms with E-state index < -0.39 is 5.41 Å². The van der Waals surface area contributed by atoms with Gasteiger partial charge in [0.15, 0.2) is 0 Å². The molecule has 1 saturated carbocycles. The van der Waals surface area contributed by atoms with Gasteiger partial charge in [0.1, 0.15) is 0 Å². The summed E-state index contributed by atoms with van der Waals surface area (Å²) >= 11 is 0. The predicted octanol–water partition coefficient (Wildman–Crippen LogP) is 0.909. The van der Waals surface area contributed by atoms with Gasteiger partial charge in [-0.05, 0) is 18.9 Å². The molecule has 0 aromatic heterocycles. The van der Waals surface area contributed by atoms with Gasteiger partial charge in [-0.1, -0.05) is 29.8 Å². The Morgan fingerprint density at radius 3 is 2.40 bits per heavy atom. The van der Waals surface area contributed by atoms with Crippen molar-refractivity contribution in [2.24, 2.45) is 5.92 Å². The van der Waals surface area contributed by atoms with Crippen LogP contribution in [0.15, 0.2) is 24.3 Å². The Morgan fingerprint density at radius 1 is 1.27 bits per heavy atom. The number of benzene rings is 1. The van der Waals surface area contributed by atoms with E-state index >= 15 is 0 Å². The summed E-state index contributed by atoms with van der Waals surface area (Å²) in [7, 11) is 0. The van der Waals surface area contributed by atoms with Crippen molar-refractivity contribution in [1.82, 2.24) is 5.32 Å². The van der Waals surface area contributed by atoms with Gasteiger partial charge in [0, 0.05) is 0 Å². The average Bonchev–Trinajstić information content (AvgIpc) is 2.90. The highest BCUT2D eigenvalue weighted by atomic mass is 16.2. The molecule has 0 radical (unpaired) electrons. The Hall–Kier alpha value is -1.64. The van der Waals surface area contributed by atoms with Crippen LogP contribution in [0.1, 0.15) is 17.5 Å². The van der Waals surface area contributed by atoms with Crippen LogP contribution in [0, 0.1) is 12.8 Å². The fourth-order valence-electron chi connectivity index (χ4n) is 2.44. The van der Waals surface area contributed by atoms with Crippen molar-refractivity contribution in [2.75, 3.05) is 0 Å². The van der Waals surface area contributed by atoms with Crippen LogP contribution in [0.3, 0.4) is 0 Å². The van der Waals surface area contributed by atoms with Crippen LogP contribution < -0.4 is 5.32 Å². The van der Waals surface area contributed by atoms with Crippen molar-refractivity contribution >= 4 is 11.8 Å². The summed E-state index contributed by atoms with van der Waals surface area (Å²) in [6.45, 7) is 2.01. The third-order valence-electron chi connectivity index (χ3n) is 3.49. The van der Waals surface area contributed by atoms with Crippen molar-refractivity contribution in [3.8, 4) is 0 Å². The van der Waals surface area contributed by atoms with Gasteiger partial charge in [-0.3, -0.25) is 14.9 Å². The van der Waals surface area contributed by atoms with Crippen LogP contribution in [0.5, 0.6) is 0 Å². The van der Waals surface area contributed by atoms with Crippen molar-refractivity contribution in [2.45, 2.75) is 18.8 Å². The molecule has 1 aliphatic heterocycles. The van der Waals surface area contributed by atoms with E-state index in [2.05, 4.69) is 5.32 Å². The Kier molecular flexibility index (Phi) is 1.43. The molecule has 3 heteroatoms. The molecule has 0 spiro atoms. The molecule has 2 amide bonds. The summed E-state index contributed by atoms with van der Waals surface area (Å²) in [4.78, 5) is 23.0. The number of rotatable bonds is 1. The molecule has 2 aliphatic rings. The monoisotopic (exact) mass is 201 g/mol. The zero-order chi connectivity index (χ0) is 10.6. The first-order chi connectivity index (χ1) is 7.14. The second-order valence-corrected chi connectivity index (χ2v) is 4.41. The quantitative estimate of drug-likeness (QED) is 0.686. The largest absolute Gasteiger partial charge is 0.295 e. The van der Waals surface area contributed by atoms with E-state index in [0.29, 0.717) is 6.42 Å². The summed E-state index contributed by atoms with van der Waals surface area (Å²) in [6.07, 6.45) is 0.681. The second-order valence-electron chi connectivity index (χ2n) is 4.41. The Balaban J connectivity index is 2.06. The molecular formula is C12H11NO2. The fraction of sp³-hybridized carbons (Fsp3) is 0.333. The van der Waals surface area contributed by atoms with E-state index in [9.17, 15) is 9.59 Å². The minimum absolute atomic E-state index is 0.111. The van der Waals surface area contributed by atoms with Crippen LogP contribution in [0.4, 0.5) is 0 Å². The maximum Gasteiger partial charge on any atom is 0.238 e.